The third-order valence-corrected chi connectivity index (χ3v) is 3.76. The molecular weight excluding hydrogens is 226 g/mol. The van der Waals surface area contributed by atoms with Gasteiger partial charge in [-0.25, -0.2) is 4.98 Å². The summed E-state index contributed by atoms with van der Waals surface area (Å²) in [7, 11) is 0. The maximum Gasteiger partial charge on any atom is 0.324 e. The molecule has 0 aliphatic heterocycles. The second kappa shape index (κ2) is 4.47. The molecule has 0 amide bonds. The number of aliphatic carboxylic acids is 1. The van der Waals surface area contributed by atoms with Crippen LogP contribution in [0.5, 0.6) is 0 Å². The lowest BCUT2D eigenvalue weighted by Crippen LogP contribution is -2.52. The molecule has 2 rings (SSSR count). The van der Waals surface area contributed by atoms with E-state index in [0.29, 0.717) is 11.8 Å². The molecule has 1 aromatic heterocycles. The largest absolute Gasteiger partial charge is 0.480 e. The average molecular weight is 241 g/mol. The second-order valence-corrected chi connectivity index (χ2v) is 5.20. The number of rotatable bonds is 6. The number of aromatic amines is 1. The number of carbonyl (C=O) groups is 1. The number of carboxylic acid groups (broad SMARTS) is 1. The summed E-state index contributed by atoms with van der Waals surface area (Å²) in [4.78, 5) is 18.2. The molecule has 1 aromatic rings. The third kappa shape index (κ3) is 2.76. The Hall–Kier alpha value is -1.01. The third-order valence-electron chi connectivity index (χ3n) is 2.54. The van der Waals surface area contributed by atoms with Crippen LogP contribution in [0.1, 0.15) is 19.8 Å². The number of aromatic nitrogens is 2. The first kappa shape index (κ1) is 11.5. The van der Waals surface area contributed by atoms with E-state index in [4.69, 9.17) is 0 Å². The predicted octanol–water partition coefficient (Wildman–Crippen LogP) is 1.10. The summed E-state index contributed by atoms with van der Waals surface area (Å²) in [5, 5.41) is 13.2. The highest BCUT2D eigenvalue weighted by Crippen LogP contribution is 2.26. The van der Waals surface area contributed by atoms with E-state index < -0.39 is 11.5 Å². The molecule has 6 heteroatoms. The van der Waals surface area contributed by atoms with E-state index in [1.54, 1.807) is 19.3 Å². The Balaban J connectivity index is 1.93. The summed E-state index contributed by atoms with van der Waals surface area (Å²) in [6.45, 7) is 1.73. The highest BCUT2D eigenvalue weighted by Gasteiger charge is 2.38. The van der Waals surface area contributed by atoms with Gasteiger partial charge in [-0.15, -0.1) is 0 Å². The summed E-state index contributed by atoms with van der Waals surface area (Å²) in [5.74, 6) is -0.342. The van der Waals surface area contributed by atoms with Gasteiger partial charge in [0, 0.05) is 24.2 Å². The Bertz CT molecular complexity index is 364. The molecule has 1 saturated carbocycles. The lowest BCUT2D eigenvalue weighted by molar-refractivity contribution is -0.143. The van der Waals surface area contributed by atoms with Crippen molar-refractivity contribution in [1.29, 1.82) is 0 Å². The molecule has 3 N–H and O–H groups in total. The van der Waals surface area contributed by atoms with Crippen molar-refractivity contribution in [1.82, 2.24) is 15.3 Å². The Morgan fingerprint density at radius 1 is 1.81 bits per heavy atom. The van der Waals surface area contributed by atoms with Gasteiger partial charge < -0.3 is 10.1 Å². The summed E-state index contributed by atoms with van der Waals surface area (Å²) in [5.41, 5.74) is -0.876. The zero-order chi connectivity index (χ0) is 11.6. The Morgan fingerprint density at radius 2 is 2.56 bits per heavy atom. The summed E-state index contributed by atoms with van der Waals surface area (Å²) in [6.07, 6.45) is 5.55. The Labute approximate surface area is 98.0 Å². The van der Waals surface area contributed by atoms with Gasteiger partial charge in [0.15, 0.2) is 5.16 Å². The van der Waals surface area contributed by atoms with Crippen LogP contribution in [-0.4, -0.2) is 38.4 Å². The SMILES string of the molecule is CC(CSc1ncc[nH]1)(NC1CC1)C(=O)O. The Kier molecular flexibility index (Phi) is 3.20. The fourth-order valence-corrected chi connectivity index (χ4v) is 2.30. The monoisotopic (exact) mass is 241 g/mol. The number of carboxylic acids is 1. The van der Waals surface area contributed by atoms with Crippen LogP contribution in [0.15, 0.2) is 17.6 Å². The van der Waals surface area contributed by atoms with Crippen molar-refractivity contribution >= 4 is 17.7 Å². The number of nitrogens with zero attached hydrogens (tertiary/aromatic N) is 1. The van der Waals surface area contributed by atoms with E-state index in [1.165, 1.54) is 11.8 Å². The number of thioether (sulfide) groups is 1. The van der Waals surface area contributed by atoms with E-state index in [2.05, 4.69) is 15.3 Å². The van der Waals surface area contributed by atoms with Gasteiger partial charge in [0.25, 0.3) is 0 Å². The molecule has 0 saturated heterocycles. The lowest BCUT2D eigenvalue weighted by atomic mass is 10.1. The van der Waals surface area contributed by atoms with E-state index in [9.17, 15) is 9.90 Å². The van der Waals surface area contributed by atoms with E-state index >= 15 is 0 Å². The number of hydrogen-bond acceptors (Lipinski definition) is 4. The minimum atomic E-state index is -0.876. The number of hydrogen-bond donors (Lipinski definition) is 3. The minimum absolute atomic E-state index is 0.373. The second-order valence-electron chi connectivity index (χ2n) is 4.24. The van der Waals surface area contributed by atoms with Gasteiger partial charge in [-0.05, 0) is 19.8 Å². The van der Waals surface area contributed by atoms with Gasteiger partial charge in [0.05, 0.1) is 0 Å². The summed E-state index contributed by atoms with van der Waals surface area (Å²) >= 11 is 1.42. The zero-order valence-corrected chi connectivity index (χ0v) is 9.88. The van der Waals surface area contributed by atoms with Gasteiger partial charge in [-0.1, -0.05) is 11.8 Å². The zero-order valence-electron chi connectivity index (χ0n) is 9.06. The highest BCUT2D eigenvalue weighted by molar-refractivity contribution is 7.99. The van der Waals surface area contributed by atoms with Crippen molar-refractivity contribution < 1.29 is 9.90 Å². The van der Waals surface area contributed by atoms with Crippen molar-refractivity contribution in [2.24, 2.45) is 0 Å². The first-order chi connectivity index (χ1) is 7.60. The van der Waals surface area contributed by atoms with Crippen LogP contribution in [0.4, 0.5) is 0 Å². The molecule has 0 bridgehead atoms. The molecule has 0 radical (unpaired) electrons. The van der Waals surface area contributed by atoms with Gasteiger partial charge in [0.1, 0.15) is 5.54 Å². The standard InChI is InChI=1S/C10H15N3O2S/c1-10(8(14)15,13-7-2-3-7)6-16-9-11-4-5-12-9/h4-5,7,13H,2-3,6H2,1H3,(H,11,12)(H,14,15). The number of H-pyrrole nitrogens is 1. The fourth-order valence-electron chi connectivity index (χ4n) is 1.39. The first-order valence-electron chi connectivity index (χ1n) is 5.23. The summed E-state index contributed by atoms with van der Waals surface area (Å²) in [6, 6.07) is 0.373. The predicted molar refractivity (Wildman–Crippen MR) is 61.5 cm³/mol. The molecule has 1 unspecified atom stereocenters. The molecule has 1 aliphatic rings. The molecule has 88 valence electrons. The molecule has 1 heterocycles. The van der Waals surface area contributed by atoms with Crippen LogP contribution in [-0.2, 0) is 4.79 Å². The fraction of sp³-hybridized carbons (Fsp3) is 0.600. The molecule has 0 spiro atoms. The van der Waals surface area contributed by atoms with Crippen LogP contribution >= 0.6 is 11.8 Å². The summed E-state index contributed by atoms with van der Waals surface area (Å²) < 4.78 is 0. The van der Waals surface area contributed by atoms with Crippen LogP contribution in [0.3, 0.4) is 0 Å². The number of imidazole rings is 1. The van der Waals surface area contributed by atoms with Crippen molar-refractivity contribution in [2.45, 2.75) is 36.5 Å². The quantitative estimate of drug-likeness (QED) is 0.650. The van der Waals surface area contributed by atoms with Crippen LogP contribution in [0.25, 0.3) is 0 Å². The maximum absolute atomic E-state index is 11.2. The van der Waals surface area contributed by atoms with Crippen LogP contribution < -0.4 is 5.32 Å². The molecule has 1 aliphatic carbocycles. The minimum Gasteiger partial charge on any atom is -0.480 e. The first-order valence-corrected chi connectivity index (χ1v) is 6.22. The van der Waals surface area contributed by atoms with Crippen molar-refractivity contribution in [3.8, 4) is 0 Å². The Morgan fingerprint density at radius 3 is 3.06 bits per heavy atom. The molecule has 5 nitrogen and oxygen atoms in total. The highest BCUT2D eigenvalue weighted by atomic mass is 32.2. The number of nitrogens with one attached hydrogen (secondary N) is 2. The molecule has 16 heavy (non-hydrogen) atoms. The van der Waals surface area contributed by atoms with Crippen molar-refractivity contribution in [2.75, 3.05) is 5.75 Å². The molecule has 1 fully saturated rings. The van der Waals surface area contributed by atoms with Crippen LogP contribution in [0.2, 0.25) is 0 Å². The van der Waals surface area contributed by atoms with Crippen LogP contribution in [0, 0.1) is 0 Å². The van der Waals surface area contributed by atoms with E-state index in [0.717, 1.165) is 18.0 Å². The van der Waals surface area contributed by atoms with Gasteiger partial charge in [0.2, 0.25) is 0 Å². The van der Waals surface area contributed by atoms with E-state index in [-0.39, 0.29) is 0 Å². The normalized spacial score (nSPS) is 19.3. The van der Waals surface area contributed by atoms with Gasteiger partial charge in [-0.3, -0.25) is 10.1 Å². The van der Waals surface area contributed by atoms with Gasteiger partial charge >= 0.3 is 5.97 Å². The molecular formula is C10H15N3O2S. The van der Waals surface area contributed by atoms with Crippen molar-refractivity contribution in [3.63, 3.8) is 0 Å². The molecule has 0 aromatic carbocycles. The smallest absolute Gasteiger partial charge is 0.324 e. The van der Waals surface area contributed by atoms with E-state index in [1.807, 2.05) is 0 Å². The topological polar surface area (TPSA) is 78.0 Å². The maximum atomic E-state index is 11.2. The lowest BCUT2D eigenvalue weighted by Gasteiger charge is -2.25. The molecule has 1 atom stereocenters. The van der Waals surface area contributed by atoms with Crippen molar-refractivity contribution in [3.05, 3.63) is 12.4 Å². The van der Waals surface area contributed by atoms with Gasteiger partial charge in [-0.2, -0.15) is 0 Å². The average Bonchev–Trinajstić information content (AvgIpc) is 2.89.